The zero-order valence-corrected chi connectivity index (χ0v) is 36.7. The van der Waals surface area contributed by atoms with Gasteiger partial charge in [-0.15, -0.1) is 0 Å². The predicted octanol–water partition coefficient (Wildman–Crippen LogP) is 8.38. The normalized spacial score (nSPS) is 24.0. The summed E-state index contributed by atoms with van der Waals surface area (Å²) in [5.41, 5.74) is 16.0. The van der Waals surface area contributed by atoms with Crippen LogP contribution in [0.25, 0.3) is 16.6 Å². The molecule has 1 fully saturated rings. The minimum atomic E-state index is -0.565. The van der Waals surface area contributed by atoms with Crippen molar-refractivity contribution in [3.05, 3.63) is 142 Å². The number of ether oxygens (including phenoxy) is 3. The van der Waals surface area contributed by atoms with E-state index in [1.54, 1.807) is 18.2 Å². The highest BCUT2D eigenvalue weighted by Gasteiger charge is 2.47. The largest absolute Gasteiger partial charge is 0.508 e. The van der Waals surface area contributed by atoms with Gasteiger partial charge in [-0.2, -0.15) is 0 Å². The van der Waals surface area contributed by atoms with Crippen molar-refractivity contribution >= 4 is 16.6 Å². The molecular weight excluding hydrogens is 789 g/mol. The Morgan fingerprint density at radius 3 is 2.63 bits per heavy atom. The standard InChI is InChI=1S/C53H64N4O6/c1-55-29-38-25-41-33-62-46(10-5-3-2-4-8-35-12-18-44(58)19-13-35)28-45(59)20-14-36-15-21-49(60)50(24-36)63-32-40-27-43(26-39-30-57(31-47(39)40)52(41)56-51(38)54)53-22-23-61-34-42(53)17-16-37-9-6-7-11-48(37)53/h6-7,9,11-13,15,18-19,21,24-27,30-31,42,45-46,51,55-56,58-60H,2-5,8,10,14,16-17,20,22-23,28-29,32-34,54H2,1H3. The lowest BCUT2D eigenvalue weighted by molar-refractivity contribution is 0.00498. The van der Waals surface area contributed by atoms with Crippen LogP contribution in [0, 0.1) is 5.92 Å². The van der Waals surface area contributed by atoms with E-state index in [0.717, 1.165) is 103 Å². The number of nitrogens with one attached hydrogen (secondary N) is 2. The van der Waals surface area contributed by atoms with Crippen LogP contribution in [0.2, 0.25) is 0 Å². The molecule has 4 aliphatic rings. The van der Waals surface area contributed by atoms with E-state index >= 15 is 0 Å². The number of nitrogens with two attached hydrogens (primary N) is 1. The van der Waals surface area contributed by atoms with Crippen LogP contribution >= 0.6 is 0 Å². The number of fused-ring (bicyclic) bond motifs is 7. The van der Waals surface area contributed by atoms with Gasteiger partial charge in [-0.1, -0.05) is 67.8 Å². The van der Waals surface area contributed by atoms with Gasteiger partial charge in [0.05, 0.1) is 31.6 Å². The van der Waals surface area contributed by atoms with Crippen LogP contribution in [-0.2, 0) is 40.8 Å². The van der Waals surface area contributed by atoms with Crippen LogP contribution < -0.4 is 21.1 Å². The van der Waals surface area contributed by atoms with Gasteiger partial charge < -0.3 is 50.5 Å². The number of aliphatic hydroxyl groups excluding tert-OH is 1. The van der Waals surface area contributed by atoms with E-state index < -0.39 is 12.3 Å². The van der Waals surface area contributed by atoms with Crippen molar-refractivity contribution in [3.63, 3.8) is 0 Å². The van der Waals surface area contributed by atoms with E-state index in [2.05, 4.69) is 70.1 Å². The Morgan fingerprint density at radius 2 is 1.76 bits per heavy atom. The van der Waals surface area contributed by atoms with Gasteiger partial charge in [0.2, 0.25) is 0 Å². The first kappa shape index (κ1) is 43.2. The maximum Gasteiger partial charge on any atom is 0.161 e. The predicted molar refractivity (Wildman–Crippen MR) is 249 cm³/mol. The van der Waals surface area contributed by atoms with E-state index in [9.17, 15) is 15.3 Å². The van der Waals surface area contributed by atoms with Crippen LogP contribution in [0.15, 0.2) is 108 Å². The number of likely N-dealkylation sites (N-methyl/N-ethyl adjacent to an activating group) is 1. The summed E-state index contributed by atoms with van der Waals surface area (Å²) in [5.74, 6) is 2.05. The highest BCUT2D eigenvalue weighted by atomic mass is 16.5. The maximum absolute atomic E-state index is 11.5. The Labute approximate surface area is 371 Å². The number of aliphatic hydroxyl groups is 1. The lowest BCUT2D eigenvalue weighted by Gasteiger charge is -2.49. The maximum atomic E-state index is 11.5. The second-order valence-electron chi connectivity index (χ2n) is 18.3. The number of hydrogen-bond acceptors (Lipinski definition) is 9. The van der Waals surface area contributed by atoms with Gasteiger partial charge in [0.1, 0.15) is 18.2 Å². The molecule has 0 saturated carbocycles. The van der Waals surface area contributed by atoms with Crippen molar-refractivity contribution in [2.24, 2.45) is 11.7 Å². The molecule has 63 heavy (non-hydrogen) atoms. The molecule has 0 spiro atoms. The Kier molecular flexibility index (Phi) is 13.2. The molecule has 4 bridgehead atoms. The third-order valence-corrected chi connectivity index (χ3v) is 14.1. The molecule has 3 aliphatic heterocycles. The van der Waals surface area contributed by atoms with Gasteiger partial charge in [0.15, 0.2) is 11.5 Å². The third-order valence-electron chi connectivity index (χ3n) is 14.1. The molecule has 10 nitrogen and oxygen atoms in total. The first-order chi connectivity index (χ1) is 30.8. The number of rotatable bonds is 10. The molecule has 5 atom stereocenters. The summed E-state index contributed by atoms with van der Waals surface area (Å²) in [6, 6.07) is 26.8. The SMILES string of the molecule is CNCC1=CC2=C(NC1N)n1cc3cc(C45CCOCC4CCc4ccccc45)cc(c3c1)COc1cc(ccc1O)CCC(O)CC(CCCCCCc1ccc(O)cc1)OC2. The van der Waals surface area contributed by atoms with Crippen molar-refractivity contribution in [2.75, 3.05) is 33.4 Å². The fourth-order valence-electron chi connectivity index (χ4n) is 10.7. The van der Waals surface area contributed by atoms with Crippen LogP contribution in [-0.4, -0.2) is 71.7 Å². The molecule has 5 aromatic rings. The van der Waals surface area contributed by atoms with Crippen molar-refractivity contribution in [1.82, 2.24) is 15.2 Å². The molecule has 1 saturated heterocycles. The van der Waals surface area contributed by atoms with Crippen LogP contribution in [0.1, 0.15) is 91.2 Å². The third kappa shape index (κ3) is 9.42. The summed E-state index contributed by atoms with van der Waals surface area (Å²) >= 11 is 0. The lowest BCUT2D eigenvalue weighted by atomic mass is 9.57. The molecule has 5 unspecified atom stereocenters. The van der Waals surface area contributed by atoms with Crippen LogP contribution in [0.3, 0.4) is 0 Å². The van der Waals surface area contributed by atoms with Gasteiger partial charge in [-0.05, 0) is 146 Å². The van der Waals surface area contributed by atoms with E-state index in [1.807, 2.05) is 31.3 Å². The van der Waals surface area contributed by atoms with Gasteiger partial charge in [-0.25, -0.2) is 0 Å². The number of phenols is 2. The second-order valence-corrected chi connectivity index (χ2v) is 18.3. The smallest absolute Gasteiger partial charge is 0.161 e. The van der Waals surface area contributed by atoms with Crippen molar-refractivity contribution < 1.29 is 29.5 Å². The highest BCUT2D eigenvalue weighted by Crippen LogP contribution is 2.52. The van der Waals surface area contributed by atoms with Crippen molar-refractivity contribution in [1.29, 1.82) is 0 Å². The first-order valence-corrected chi connectivity index (χ1v) is 23.2. The Hall–Kier alpha value is -5.10. The van der Waals surface area contributed by atoms with Crippen molar-refractivity contribution in [2.45, 2.75) is 107 Å². The molecule has 10 heteroatoms. The Bertz CT molecular complexity index is 2440. The van der Waals surface area contributed by atoms with Crippen LogP contribution in [0.4, 0.5) is 0 Å². The summed E-state index contributed by atoms with van der Waals surface area (Å²) in [4.78, 5) is 0. The molecule has 332 valence electrons. The Morgan fingerprint density at radius 1 is 0.905 bits per heavy atom. The summed E-state index contributed by atoms with van der Waals surface area (Å²) in [5, 5.41) is 41.4. The number of aromatic nitrogens is 1. The molecule has 0 radical (unpaired) electrons. The monoisotopic (exact) mass is 852 g/mol. The number of unbranched alkanes of at least 4 members (excludes halogenated alkanes) is 3. The fraction of sp³-hybridized carbons (Fsp3) is 0.434. The zero-order chi connectivity index (χ0) is 43.3. The number of nitrogens with zero attached hydrogens (tertiary/aromatic N) is 1. The van der Waals surface area contributed by atoms with Gasteiger partial charge in [0.25, 0.3) is 0 Å². The summed E-state index contributed by atoms with van der Waals surface area (Å²) in [6.07, 6.45) is 16.3. The van der Waals surface area contributed by atoms with E-state index in [0.29, 0.717) is 56.4 Å². The second kappa shape index (κ2) is 19.3. The number of hydrogen-bond donors (Lipinski definition) is 6. The first-order valence-electron chi connectivity index (χ1n) is 23.2. The summed E-state index contributed by atoms with van der Waals surface area (Å²) in [7, 11) is 1.93. The number of aryl methyl sites for hydroxylation is 3. The van der Waals surface area contributed by atoms with Gasteiger partial charge in [-0.3, -0.25) is 0 Å². The molecular formula is C53H64N4O6. The van der Waals surface area contributed by atoms with Gasteiger partial charge >= 0.3 is 0 Å². The summed E-state index contributed by atoms with van der Waals surface area (Å²) < 4.78 is 21.8. The average molecular weight is 853 g/mol. The lowest BCUT2D eigenvalue weighted by Crippen LogP contribution is -2.47. The average Bonchev–Trinajstić information content (AvgIpc) is 3.74. The molecule has 4 aromatic carbocycles. The van der Waals surface area contributed by atoms with Gasteiger partial charge in [0, 0.05) is 47.3 Å². The fourth-order valence-corrected chi connectivity index (χ4v) is 10.7. The number of benzene rings is 4. The molecule has 1 aliphatic carbocycles. The Balaban J connectivity index is 1.08. The highest BCUT2D eigenvalue weighted by molar-refractivity contribution is 5.88. The molecule has 7 N–H and O–H groups in total. The summed E-state index contributed by atoms with van der Waals surface area (Å²) in [6.45, 7) is 2.69. The minimum absolute atomic E-state index is 0.0962. The molecule has 0 amide bonds. The van der Waals surface area contributed by atoms with E-state index in [4.69, 9.17) is 19.9 Å². The van der Waals surface area contributed by atoms with E-state index in [-0.39, 0.29) is 23.9 Å². The molecule has 4 heterocycles. The minimum Gasteiger partial charge on any atom is -0.508 e. The topological polar surface area (TPSA) is 143 Å². The zero-order valence-electron chi connectivity index (χ0n) is 36.7. The number of aromatic hydroxyl groups is 2. The molecule has 9 rings (SSSR count). The number of dihydropyridines is 1. The molecule has 1 aromatic heterocycles. The van der Waals surface area contributed by atoms with Crippen LogP contribution in [0.5, 0.6) is 17.2 Å². The van der Waals surface area contributed by atoms with E-state index in [1.165, 1.54) is 22.3 Å². The number of phenolic OH excluding ortho intramolecular Hbond substituents is 2. The quantitative estimate of drug-likeness (QED) is 0.0765. The van der Waals surface area contributed by atoms with Crippen molar-refractivity contribution in [3.8, 4) is 17.2 Å².